The number of hydrogen-bond acceptors (Lipinski definition) is 8. The number of anilines is 1. The molecule has 36 heavy (non-hydrogen) atoms. The first kappa shape index (κ1) is 22.6. The number of piperidine rings is 1. The Labute approximate surface area is 211 Å². The van der Waals surface area contributed by atoms with Crippen LogP contribution in [0.1, 0.15) is 27.2 Å². The van der Waals surface area contributed by atoms with Gasteiger partial charge in [0.15, 0.2) is 0 Å². The van der Waals surface area contributed by atoms with Crippen LogP contribution in [0, 0.1) is 18.8 Å². The number of rotatable bonds is 7. The van der Waals surface area contributed by atoms with Crippen molar-refractivity contribution in [2.45, 2.75) is 26.1 Å². The molecular weight excluding hydrogens is 482 g/mol. The van der Waals surface area contributed by atoms with Crippen molar-refractivity contribution in [1.82, 2.24) is 40.3 Å². The quantitative estimate of drug-likeness (QED) is 0.388. The van der Waals surface area contributed by atoms with E-state index in [2.05, 4.69) is 36.9 Å². The molecule has 1 saturated carbocycles. The number of fused-ring (bicyclic) bond motifs is 1. The Balaban J connectivity index is 1.09. The highest BCUT2D eigenvalue weighted by Gasteiger charge is 2.55. The van der Waals surface area contributed by atoms with E-state index in [0.29, 0.717) is 29.0 Å². The van der Waals surface area contributed by atoms with E-state index in [-0.39, 0.29) is 18.6 Å². The second-order valence-corrected chi connectivity index (χ2v) is 9.71. The predicted octanol–water partition coefficient (Wildman–Crippen LogP) is 1.62. The molecule has 2 N–H and O–H groups in total. The minimum Gasteiger partial charge on any atom is -0.392 e. The molecule has 1 aliphatic carbocycles. The van der Waals surface area contributed by atoms with Crippen LogP contribution in [0.25, 0.3) is 5.69 Å². The number of pyridine rings is 1. The van der Waals surface area contributed by atoms with Gasteiger partial charge in [-0.25, -0.2) is 9.67 Å². The first-order valence-electron chi connectivity index (χ1n) is 11.7. The van der Waals surface area contributed by atoms with Crippen molar-refractivity contribution in [2.24, 2.45) is 11.8 Å². The fourth-order valence-corrected chi connectivity index (χ4v) is 5.01. The van der Waals surface area contributed by atoms with Crippen LogP contribution in [-0.4, -0.2) is 65.2 Å². The van der Waals surface area contributed by atoms with Crippen LogP contribution in [-0.2, 0) is 13.1 Å². The molecule has 2 unspecified atom stereocenters. The Morgan fingerprint density at radius 1 is 1.19 bits per heavy atom. The number of nitrogens with zero attached hydrogens (tertiary/aromatic N) is 8. The van der Waals surface area contributed by atoms with Crippen LogP contribution in [0.5, 0.6) is 0 Å². The maximum absolute atomic E-state index is 12.8. The average Bonchev–Trinajstić information content (AvgIpc) is 3.44. The van der Waals surface area contributed by atoms with Crippen molar-refractivity contribution in [3.8, 4) is 5.69 Å². The molecular formula is C24H24ClN9O2. The number of amides is 1. The zero-order valence-corrected chi connectivity index (χ0v) is 20.2. The molecule has 1 amide bonds. The average molecular weight is 506 g/mol. The number of carbonyl (C=O) groups is 1. The Bertz CT molecular complexity index is 1410. The molecule has 4 aromatic rings. The molecule has 12 heteroatoms. The third-order valence-electron chi connectivity index (χ3n) is 6.96. The molecule has 11 nitrogen and oxygen atoms in total. The summed E-state index contributed by atoms with van der Waals surface area (Å²) < 4.78 is 3.25. The summed E-state index contributed by atoms with van der Waals surface area (Å²) in [7, 11) is 0. The Hall–Kier alpha value is -3.83. The summed E-state index contributed by atoms with van der Waals surface area (Å²) in [5.74, 6) is 1.48. The number of carbonyl (C=O) groups excluding carboxylic acids is 1. The lowest BCUT2D eigenvalue weighted by Gasteiger charge is -2.21. The second kappa shape index (κ2) is 8.99. The third kappa shape index (κ3) is 4.31. The summed E-state index contributed by atoms with van der Waals surface area (Å²) >= 11 is 6.16. The number of aliphatic hydroxyl groups is 1. The van der Waals surface area contributed by atoms with E-state index in [1.807, 2.05) is 13.0 Å². The fourth-order valence-electron chi connectivity index (χ4n) is 4.81. The number of nitrogens with one attached hydrogen (secondary N) is 1. The van der Waals surface area contributed by atoms with Crippen LogP contribution >= 0.6 is 11.6 Å². The molecule has 4 heterocycles. The van der Waals surface area contributed by atoms with Gasteiger partial charge in [0, 0.05) is 48.4 Å². The first-order chi connectivity index (χ1) is 17.5. The number of benzene rings is 1. The van der Waals surface area contributed by atoms with Crippen LogP contribution in [0.3, 0.4) is 0 Å². The highest BCUT2D eigenvalue weighted by molar-refractivity contribution is 6.30. The smallest absolute Gasteiger partial charge is 0.254 e. The topological polar surface area (TPSA) is 127 Å². The molecule has 2 atom stereocenters. The van der Waals surface area contributed by atoms with Crippen molar-refractivity contribution in [1.29, 1.82) is 0 Å². The van der Waals surface area contributed by atoms with Crippen LogP contribution in [0.15, 0.2) is 49.1 Å². The van der Waals surface area contributed by atoms with E-state index in [9.17, 15) is 9.90 Å². The van der Waals surface area contributed by atoms with Gasteiger partial charge in [-0.2, -0.15) is 5.10 Å². The Kier molecular flexibility index (Phi) is 5.65. The molecule has 6 rings (SSSR count). The van der Waals surface area contributed by atoms with Gasteiger partial charge >= 0.3 is 0 Å². The third-order valence-corrected chi connectivity index (χ3v) is 7.19. The minimum atomic E-state index is -0.246. The molecule has 1 saturated heterocycles. The summed E-state index contributed by atoms with van der Waals surface area (Å²) in [5.41, 5.74) is 3.92. The first-order valence-corrected chi connectivity index (χ1v) is 12.1. The lowest BCUT2D eigenvalue weighted by Crippen LogP contribution is -2.26. The van der Waals surface area contributed by atoms with E-state index in [4.69, 9.17) is 16.6 Å². The molecule has 2 fully saturated rings. The lowest BCUT2D eigenvalue weighted by atomic mass is 10.1. The lowest BCUT2D eigenvalue weighted by molar-refractivity contribution is 0.0951. The van der Waals surface area contributed by atoms with Gasteiger partial charge < -0.3 is 15.3 Å². The van der Waals surface area contributed by atoms with Gasteiger partial charge in [-0.3, -0.25) is 9.48 Å². The van der Waals surface area contributed by atoms with Gasteiger partial charge in [-0.15, -0.1) is 5.10 Å². The summed E-state index contributed by atoms with van der Waals surface area (Å²) in [5, 5.41) is 28.8. The maximum Gasteiger partial charge on any atom is 0.254 e. The van der Waals surface area contributed by atoms with Gasteiger partial charge in [-0.05, 0) is 52.7 Å². The second-order valence-electron chi connectivity index (χ2n) is 9.27. The molecule has 0 bridgehead atoms. The molecule has 1 aliphatic heterocycles. The van der Waals surface area contributed by atoms with Crippen molar-refractivity contribution in [3.63, 3.8) is 0 Å². The number of halogens is 1. The van der Waals surface area contributed by atoms with Crippen molar-refractivity contribution < 1.29 is 9.90 Å². The molecule has 3 aromatic heterocycles. The van der Waals surface area contributed by atoms with Crippen LogP contribution < -0.4 is 10.2 Å². The number of aliphatic hydroxyl groups excluding tert-OH is 1. The van der Waals surface area contributed by atoms with Crippen molar-refractivity contribution >= 4 is 23.3 Å². The molecule has 0 radical (unpaired) electrons. The zero-order chi connectivity index (χ0) is 24.8. The summed E-state index contributed by atoms with van der Waals surface area (Å²) in [6.45, 7) is 4.46. The largest absolute Gasteiger partial charge is 0.392 e. The molecule has 1 aromatic carbocycles. The van der Waals surface area contributed by atoms with Gasteiger partial charge in [-0.1, -0.05) is 17.7 Å². The zero-order valence-electron chi connectivity index (χ0n) is 19.5. The maximum atomic E-state index is 12.8. The van der Waals surface area contributed by atoms with Crippen molar-refractivity contribution in [3.05, 3.63) is 76.5 Å². The number of tetrazole rings is 1. The monoisotopic (exact) mass is 505 g/mol. The van der Waals surface area contributed by atoms with E-state index in [0.717, 1.165) is 41.4 Å². The highest BCUT2D eigenvalue weighted by Crippen LogP contribution is 2.46. The van der Waals surface area contributed by atoms with E-state index >= 15 is 0 Å². The summed E-state index contributed by atoms with van der Waals surface area (Å²) in [4.78, 5) is 19.8. The van der Waals surface area contributed by atoms with Crippen LogP contribution in [0.4, 0.5) is 5.82 Å². The Morgan fingerprint density at radius 2 is 2.03 bits per heavy atom. The van der Waals surface area contributed by atoms with E-state index in [1.165, 1.54) is 11.0 Å². The normalized spacial score (nSPS) is 20.4. The predicted molar refractivity (Wildman–Crippen MR) is 131 cm³/mol. The Morgan fingerprint density at radius 3 is 2.78 bits per heavy atom. The summed E-state index contributed by atoms with van der Waals surface area (Å²) in [6, 6.07) is 9.39. The van der Waals surface area contributed by atoms with Crippen molar-refractivity contribution in [2.75, 3.05) is 18.0 Å². The minimum absolute atomic E-state index is 0.133. The SMILES string of the molecule is Cc1nc(N2CC3C(O)C3C2)ccc1Cn1cc(C(=O)NCc2cc(Cl)ccc2-n2cnnn2)cn1. The fraction of sp³-hybridized carbons (Fsp3) is 0.333. The number of aryl methyl sites for hydroxylation is 1. The van der Waals surface area contributed by atoms with E-state index < -0.39 is 0 Å². The molecule has 0 spiro atoms. The van der Waals surface area contributed by atoms with Gasteiger partial charge in [0.25, 0.3) is 5.91 Å². The van der Waals surface area contributed by atoms with Gasteiger partial charge in [0.05, 0.1) is 30.1 Å². The van der Waals surface area contributed by atoms with Crippen LogP contribution in [0.2, 0.25) is 5.02 Å². The molecule has 2 aliphatic rings. The standard InChI is InChI=1S/C24H24ClN9O2/c1-14-15(2-5-22(29-14)32-11-19-20(12-32)23(19)35)9-33-10-17(8-28-33)24(36)26-7-16-6-18(25)3-4-21(16)34-13-27-30-31-34/h2-6,8,10,13,19-20,23,35H,7,9,11-12H2,1H3,(H,26,36). The molecule has 184 valence electrons. The highest BCUT2D eigenvalue weighted by atomic mass is 35.5. The van der Waals surface area contributed by atoms with E-state index in [1.54, 1.807) is 35.3 Å². The number of hydrogen-bond donors (Lipinski definition) is 2. The van der Waals surface area contributed by atoms with Gasteiger partial charge in [0.2, 0.25) is 0 Å². The number of aromatic nitrogens is 7. The van der Waals surface area contributed by atoms with Gasteiger partial charge in [0.1, 0.15) is 12.1 Å². The summed E-state index contributed by atoms with van der Waals surface area (Å²) in [6.07, 6.45) is 4.62.